The van der Waals surface area contributed by atoms with Gasteiger partial charge in [0.15, 0.2) is 5.82 Å². The van der Waals surface area contributed by atoms with E-state index in [1.165, 1.54) is 19.3 Å². The lowest BCUT2D eigenvalue weighted by Crippen LogP contribution is -2.35. The molecular formula is C19H26N4O2. The number of para-hydroxylation sites is 1. The molecule has 1 aliphatic heterocycles. The fourth-order valence-electron chi connectivity index (χ4n) is 3.36. The van der Waals surface area contributed by atoms with E-state index in [1.54, 1.807) is 0 Å². The summed E-state index contributed by atoms with van der Waals surface area (Å²) in [5.41, 5.74) is 0. The molecule has 0 spiro atoms. The lowest BCUT2D eigenvalue weighted by molar-refractivity contribution is 0.200. The molecule has 1 saturated carbocycles. The highest BCUT2D eigenvalue weighted by molar-refractivity contribution is 5.20. The first-order valence-electron chi connectivity index (χ1n) is 9.21. The molecule has 1 aromatic heterocycles. The summed E-state index contributed by atoms with van der Waals surface area (Å²) in [5, 5.41) is 4.13. The lowest BCUT2D eigenvalue weighted by atomic mass is 10.2. The van der Waals surface area contributed by atoms with E-state index in [4.69, 9.17) is 9.26 Å². The highest BCUT2D eigenvalue weighted by Gasteiger charge is 2.30. The smallest absolute Gasteiger partial charge is 0.229 e. The minimum Gasteiger partial charge on any atom is -0.492 e. The Hall–Kier alpha value is -1.92. The predicted octanol–water partition coefficient (Wildman–Crippen LogP) is 2.53. The summed E-state index contributed by atoms with van der Waals surface area (Å²) in [6, 6.07) is 10.6. The van der Waals surface area contributed by atoms with Crippen LogP contribution in [0.4, 0.5) is 0 Å². The Bertz CT molecular complexity index is 671. The Balaban J connectivity index is 1.20. The van der Waals surface area contributed by atoms with Gasteiger partial charge in [0.2, 0.25) is 5.89 Å². The third-order valence-corrected chi connectivity index (χ3v) is 5.09. The summed E-state index contributed by atoms with van der Waals surface area (Å²) in [6.07, 6.45) is 3.56. The Kier molecular flexibility index (Phi) is 4.99. The first-order valence-corrected chi connectivity index (χ1v) is 9.21. The highest BCUT2D eigenvalue weighted by Crippen LogP contribution is 2.38. The highest BCUT2D eigenvalue weighted by atomic mass is 16.5. The van der Waals surface area contributed by atoms with Crippen molar-refractivity contribution in [3.05, 3.63) is 42.0 Å². The van der Waals surface area contributed by atoms with Crippen LogP contribution < -0.4 is 4.74 Å². The number of nitrogens with zero attached hydrogens (tertiary/aromatic N) is 4. The zero-order chi connectivity index (χ0) is 17.1. The monoisotopic (exact) mass is 342 g/mol. The number of likely N-dealkylation sites (N-methyl/N-ethyl adjacent to an activating group) is 1. The molecule has 0 N–H and O–H groups in total. The minimum absolute atomic E-state index is 0.526. The van der Waals surface area contributed by atoms with Gasteiger partial charge in [-0.1, -0.05) is 23.4 Å². The molecule has 6 heteroatoms. The fraction of sp³-hybridized carbons (Fsp3) is 0.579. The van der Waals surface area contributed by atoms with E-state index >= 15 is 0 Å². The van der Waals surface area contributed by atoms with Gasteiger partial charge in [-0.05, 0) is 45.0 Å². The van der Waals surface area contributed by atoms with E-state index in [0.717, 1.165) is 50.3 Å². The van der Waals surface area contributed by atoms with Gasteiger partial charge in [-0.15, -0.1) is 0 Å². The molecule has 4 rings (SSSR count). The summed E-state index contributed by atoms with van der Waals surface area (Å²) >= 11 is 0. The van der Waals surface area contributed by atoms with Crippen LogP contribution in [0.1, 0.15) is 36.9 Å². The summed E-state index contributed by atoms with van der Waals surface area (Å²) in [7, 11) is 2.15. The largest absolute Gasteiger partial charge is 0.492 e. The molecule has 2 fully saturated rings. The zero-order valence-electron chi connectivity index (χ0n) is 14.8. The van der Waals surface area contributed by atoms with Gasteiger partial charge in [-0.25, -0.2) is 0 Å². The van der Waals surface area contributed by atoms with Crippen LogP contribution in [0.3, 0.4) is 0 Å². The summed E-state index contributed by atoms with van der Waals surface area (Å²) in [4.78, 5) is 9.35. The minimum atomic E-state index is 0.526. The van der Waals surface area contributed by atoms with Gasteiger partial charge in [0.05, 0.1) is 6.54 Å². The van der Waals surface area contributed by atoms with Gasteiger partial charge in [-0.2, -0.15) is 4.98 Å². The summed E-state index contributed by atoms with van der Waals surface area (Å²) in [5.74, 6) is 3.11. The van der Waals surface area contributed by atoms with Crippen molar-refractivity contribution >= 4 is 0 Å². The van der Waals surface area contributed by atoms with Crippen molar-refractivity contribution in [2.45, 2.75) is 37.8 Å². The van der Waals surface area contributed by atoms with E-state index in [9.17, 15) is 0 Å². The molecule has 134 valence electrons. The maximum atomic E-state index is 5.80. The van der Waals surface area contributed by atoms with Crippen molar-refractivity contribution in [2.75, 3.05) is 33.3 Å². The van der Waals surface area contributed by atoms with Crippen LogP contribution in [0, 0.1) is 0 Å². The van der Waals surface area contributed by atoms with Crippen LogP contribution in [0.15, 0.2) is 34.9 Å². The number of likely N-dealkylation sites (tertiary alicyclic amines) is 1. The Morgan fingerprint density at radius 1 is 1.24 bits per heavy atom. The summed E-state index contributed by atoms with van der Waals surface area (Å²) < 4.78 is 11.2. The number of hydrogen-bond donors (Lipinski definition) is 0. The maximum Gasteiger partial charge on any atom is 0.229 e. The normalized spacial score (nSPS) is 21.1. The molecule has 6 nitrogen and oxygen atoms in total. The lowest BCUT2D eigenvalue weighted by Gasteiger charge is -2.23. The van der Waals surface area contributed by atoms with Crippen molar-refractivity contribution in [2.24, 2.45) is 0 Å². The third-order valence-electron chi connectivity index (χ3n) is 5.09. The van der Waals surface area contributed by atoms with Crippen molar-refractivity contribution in [3.63, 3.8) is 0 Å². The number of aromatic nitrogens is 2. The molecule has 1 saturated heterocycles. The van der Waals surface area contributed by atoms with Crippen molar-refractivity contribution < 1.29 is 9.26 Å². The Labute approximate surface area is 148 Å². The topological polar surface area (TPSA) is 54.6 Å². The number of hydrogen-bond acceptors (Lipinski definition) is 6. The van der Waals surface area contributed by atoms with Gasteiger partial charge in [0.1, 0.15) is 12.4 Å². The van der Waals surface area contributed by atoms with Crippen molar-refractivity contribution in [1.82, 2.24) is 19.9 Å². The second kappa shape index (κ2) is 7.54. The first-order chi connectivity index (χ1) is 12.3. The average molecular weight is 342 g/mol. The molecule has 0 radical (unpaired) electrons. The molecule has 1 atom stereocenters. The number of rotatable bonds is 8. The average Bonchev–Trinajstić information content (AvgIpc) is 3.19. The molecule has 25 heavy (non-hydrogen) atoms. The first kappa shape index (κ1) is 16.5. The standard InChI is InChI=1S/C19H26N4O2/c1-22(14-18-20-19(25-21-18)15-7-8-15)16-9-10-23(13-16)11-12-24-17-5-3-2-4-6-17/h2-6,15-16H,7-14H2,1H3/t16-/m1/s1. The molecule has 2 aromatic rings. The molecule has 2 aliphatic rings. The molecule has 1 aromatic carbocycles. The van der Waals surface area contributed by atoms with Crippen LogP contribution in [0.5, 0.6) is 5.75 Å². The third kappa shape index (κ3) is 4.38. The van der Waals surface area contributed by atoms with Crippen molar-refractivity contribution in [3.8, 4) is 5.75 Å². The summed E-state index contributed by atoms with van der Waals surface area (Å²) in [6.45, 7) is 4.65. The van der Waals surface area contributed by atoms with E-state index in [2.05, 4.69) is 27.0 Å². The molecule has 0 amide bonds. The van der Waals surface area contributed by atoms with Gasteiger partial charge in [0.25, 0.3) is 0 Å². The molecule has 1 aliphatic carbocycles. The Morgan fingerprint density at radius 3 is 2.88 bits per heavy atom. The van der Waals surface area contributed by atoms with E-state index in [1.807, 2.05) is 30.3 Å². The fourth-order valence-corrected chi connectivity index (χ4v) is 3.36. The van der Waals surface area contributed by atoms with Crippen LogP contribution in [0.25, 0.3) is 0 Å². The quantitative estimate of drug-likeness (QED) is 0.735. The van der Waals surface area contributed by atoms with Gasteiger partial charge < -0.3 is 9.26 Å². The van der Waals surface area contributed by atoms with E-state index in [0.29, 0.717) is 12.0 Å². The van der Waals surface area contributed by atoms with Crippen LogP contribution in [-0.2, 0) is 6.54 Å². The van der Waals surface area contributed by atoms with Crippen LogP contribution in [-0.4, -0.2) is 59.3 Å². The maximum absolute atomic E-state index is 5.80. The molecule has 0 unspecified atom stereocenters. The van der Waals surface area contributed by atoms with Gasteiger partial charge in [0, 0.05) is 25.0 Å². The molecule has 2 heterocycles. The second-order valence-corrected chi connectivity index (χ2v) is 7.14. The number of benzene rings is 1. The van der Waals surface area contributed by atoms with Gasteiger partial charge >= 0.3 is 0 Å². The predicted molar refractivity (Wildman–Crippen MR) is 94.5 cm³/mol. The second-order valence-electron chi connectivity index (χ2n) is 7.14. The Morgan fingerprint density at radius 2 is 2.08 bits per heavy atom. The van der Waals surface area contributed by atoms with E-state index in [-0.39, 0.29) is 0 Å². The molecular weight excluding hydrogens is 316 g/mol. The molecule has 0 bridgehead atoms. The van der Waals surface area contributed by atoms with E-state index < -0.39 is 0 Å². The van der Waals surface area contributed by atoms with Crippen LogP contribution in [0.2, 0.25) is 0 Å². The van der Waals surface area contributed by atoms with Crippen molar-refractivity contribution in [1.29, 1.82) is 0 Å². The van der Waals surface area contributed by atoms with Gasteiger partial charge in [-0.3, -0.25) is 9.80 Å². The zero-order valence-corrected chi connectivity index (χ0v) is 14.8. The SMILES string of the molecule is CN(Cc1noc(C2CC2)n1)[C@@H]1CCN(CCOc2ccccc2)C1. The van der Waals surface area contributed by atoms with Crippen LogP contribution >= 0.6 is 0 Å². The number of ether oxygens (including phenoxy) is 1.